The second kappa shape index (κ2) is 7.91. The van der Waals surface area contributed by atoms with Crippen molar-refractivity contribution < 1.29 is 18.3 Å². The quantitative estimate of drug-likeness (QED) is 0.810. The molecule has 106 valence electrons. The summed E-state index contributed by atoms with van der Waals surface area (Å²) in [5.74, 6) is -0.175. The summed E-state index contributed by atoms with van der Waals surface area (Å²) in [5, 5.41) is 5.84. The van der Waals surface area contributed by atoms with Crippen LogP contribution in [0, 0.1) is 0 Å². The Morgan fingerprint density at radius 3 is 2.84 bits per heavy atom. The molecule has 0 aromatic heterocycles. The van der Waals surface area contributed by atoms with Crippen LogP contribution in [0.2, 0.25) is 5.02 Å². The molecular formula is C12H15ClF2N2O2. The number of nitrogens with one attached hydrogen (secondary N) is 2. The highest BCUT2D eigenvalue weighted by molar-refractivity contribution is 6.30. The number of benzene rings is 1. The standard InChI is InChI=1S/C12H15ClF2N2O2/c1-16-5-4-11(18)17-7-8-6-9(13)2-3-10(8)19-12(14)15/h2-3,6,12,16H,4-5,7H2,1H3,(H,17,18). The van der Waals surface area contributed by atoms with Crippen molar-refractivity contribution in [3.05, 3.63) is 28.8 Å². The lowest BCUT2D eigenvalue weighted by molar-refractivity contribution is -0.121. The number of amides is 1. The average Bonchev–Trinajstić information content (AvgIpc) is 2.36. The molecule has 0 fully saturated rings. The molecule has 1 rings (SSSR count). The summed E-state index contributed by atoms with van der Waals surface area (Å²) in [6.07, 6.45) is 0.308. The van der Waals surface area contributed by atoms with E-state index in [9.17, 15) is 13.6 Å². The SMILES string of the molecule is CNCCC(=O)NCc1cc(Cl)ccc1OC(F)F. The van der Waals surface area contributed by atoms with Crippen LogP contribution in [0.1, 0.15) is 12.0 Å². The molecule has 0 saturated carbocycles. The third kappa shape index (κ3) is 5.85. The molecule has 4 nitrogen and oxygen atoms in total. The molecule has 0 atom stereocenters. The number of carbonyl (C=O) groups excluding carboxylic acids is 1. The van der Waals surface area contributed by atoms with Gasteiger partial charge in [-0.15, -0.1) is 0 Å². The fourth-order valence-electron chi connectivity index (χ4n) is 1.42. The van der Waals surface area contributed by atoms with Crippen LogP contribution < -0.4 is 15.4 Å². The lowest BCUT2D eigenvalue weighted by Crippen LogP contribution is -2.26. The van der Waals surface area contributed by atoms with E-state index in [0.717, 1.165) is 0 Å². The minimum absolute atomic E-state index is 0.00770. The van der Waals surface area contributed by atoms with E-state index in [-0.39, 0.29) is 18.2 Å². The van der Waals surface area contributed by atoms with Gasteiger partial charge in [-0.1, -0.05) is 11.6 Å². The van der Waals surface area contributed by atoms with Gasteiger partial charge in [-0.2, -0.15) is 8.78 Å². The van der Waals surface area contributed by atoms with Crippen molar-refractivity contribution in [3.8, 4) is 5.75 Å². The van der Waals surface area contributed by atoms with Gasteiger partial charge in [0.25, 0.3) is 0 Å². The number of alkyl halides is 2. The van der Waals surface area contributed by atoms with Crippen LogP contribution in [0.3, 0.4) is 0 Å². The fraction of sp³-hybridized carbons (Fsp3) is 0.417. The van der Waals surface area contributed by atoms with E-state index in [1.807, 2.05) is 0 Å². The van der Waals surface area contributed by atoms with Gasteiger partial charge in [0, 0.05) is 30.1 Å². The van der Waals surface area contributed by atoms with E-state index in [2.05, 4.69) is 15.4 Å². The van der Waals surface area contributed by atoms with E-state index in [1.165, 1.54) is 18.2 Å². The monoisotopic (exact) mass is 292 g/mol. The van der Waals surface area contributed by atoms with Gasteiger partial charge < -0.3 is 15.4 Å². The number of rotatable bonds is 7. The first-order valence-corrected chi connectivity index (χ1v) is 6.05. The zero-order valence-corrected chi connectivity index (χ0v) is 11.1. The van der Waals surface area contributed by atoms with Crippen LogP contribution in [0.4, 0.5) is 8.78 Å². The third-order valence-electron chi connectivity index (χ3n) is 2.32. The molecule has 0 saturated heterocycles. The molecule has 0 aliphatic rings. The molecule has 0 spiro atoms. The summed E-state index contributed by atoms with van der Waals surface area (Å²) in [4.78, 5) is 11.4. The molecule has 0 unspecified atom stereocenters. The average molecular weight is 293 g/mol. The van der Waals surface area contributed by atoms with Crippen molar-refractivity contribution in [2.24, 2.45) is 0 Å². The van der Waals surface area contributed by atoms with Crippen molar-refractivity contribution >= 4 is 17.5 Å². The molecule has 1 amide bonds. The maximum absolute atomic E-state index is 12.2. The molecule has 0 aliphatic carbocycles. The Morgan fingerprint density at radius 2 is 2.21 bits per heavy atom. The van der Waals surface area contributed by atoms with E-state index in [0.29, 0.717) is 23.6 Å². The number of halogens is 3. The maximum Gasteiger partial charge on any atom is 0.387 e. The number of ether oxygens (including phenoxy) is 1. The number of carbonyl (C=O) groups is 1. The Balaban J connectivity index is 2.65. The van der Waals surface area contributed by atoms with Gasteiger partial charge in [-0.3, -0.25) is 4.79 Å². The molecule has 0 bridgehead atoms. The molecule has 0 heterocycles. The predicted octanol–water partition coefficient (Wildman–Crippen LogP) is 2.17. The van der Waals surface area contributed by atoms with Gasteiger partial charge in [-0.25, -0.2) is 0 Å². The van der Waals surface area contributed by atoms with E-state index in [1.54, 1.807) is 7.05 Å². The highest BCUT2D eigenvalue weighted by Gasteiger charge is 2.11. The van der Waals surface area contributed by atoms with E-state index >= 15 is 0 Å². The smallest absolute Gasteiger partial charge is 0.387 e. The molecule has 0 radical (unpaired) electrons. The van der Waals surface area contributed by atoms with Crippen molar-refractivity contribution in [2.75, 3.05) is 13.6 Å². The fourth-order valence-corrected chi connectivity index (χ4v) is 1.61. The lowest BCUT2D eigenvalue weighted by atomic mass is 10.2. The molecule has 7 heteroatoms. The normalized spacial score (nSPS) is 10.6. The zero-order chi connectivity index (χ0) is 14.3. The largest absolute Gasteiger partial charge is 0.434 e. The maximum atomic E-state index is 12.2. The first-order valence-electron chi connectivity index (χ1n) is 5.67. The molecule has 0 aliphatic heterocycles. The summed E-state index contributed by atoms with van der Waals surface area (Å²) < 4.78 is 28.8. The summed E-state index contributed by atoms with van der Waals surface area (Å²) in [6.45, 7) is -2.28. The summed E-state index contributed by atoms with van der Waals surface area (Å²) in [7, 11) is 1.73. The predicted molar refractivity (Wildman–Crippen MR) is 68.5 cm³/mol. The van der Waals surface area contributed by atoms with Crippen LogP contribution in [-0.2, 0) is 11.3 Å². The Bertz CT molecular complexity index is 430. The van der Waals surface area contributed by atoms with Gasteiger partial charge in [-0.05, 0) is 25.2 Å². The van der Waals surface area contributed by atoms with E-state index < -0.39 is 6.61 Å². The van der Waals surface area contributed by atoms with Crippen molar-refractivity contribution in [3.63, 3.8) is 0 Å². The van der Waals surface area contributed by atoms with Crippen LogP contribution in [-0.4, -0.2) is 26.1 Å². The van der Waals surface area contributed by atoms with Crippen molar-refractivity contribution in [1.29, 1.82) is 0 Å². The second-order valence-corrected chi connectivity index (χ2v) is 4.20. The molecule has 1 aromatic carbocycles. The van der Waals surface area contributed by atoms with Crippen LogP contribution >= 0.6 is 11.6 Å². The van der Waals surface area contributed by atoms with Gasteiger partial charge in [0.1, 0.15) is 5.75 Å². The molecule has 19 heavy (non-hydrogen) atoms. The Kier molecular flexibility index (Phi) is 6.52. The second-order valence-electron chi connectivity index (χ2n) is 3.76. The highest BCUT2D eigenvalue weighted by atomic mass is 35.5. The molecule has 2 N–H and O–H groups in total. The number of hydrogen-bond donors (Lipinski definition) is 2. The van der Waals surface area contributed by atoms with Crippen LogP contribution in [0.15, 0.2) is 18.2 Å². The van der Waals surface area contributed by atoms with Crippen molar-refractivity contribution in [1.82, 2.24) is 10.6 Å². The minimum Gasteiger partial charge on any atom is -0.434 e. The highest BCUT2D eigenvalue weighted by Crippen LogP contribution is 2.24. The lowest BCUT2D eigenvalue weighted by Gasteiger charge is -2.12. The first kappa shape index (κ1) is 15.7. The molecule has 1 aromatic rings. The Hall–Kier alpha value is -1.40. The van der Waals surface area contributed by atoms with Crippen LogP contribution in [0.5, 0.6) is 5.75 Å². The minimum atomic E-state index is -2.92. The van der Waals surface area contributed by atoms with Gasteiger partial charge in [0.05, 0.1) is 0 Å². The Labute approximate surface area is 115 Å². The zero-order valence-electron chi connectivity index (χ0n) is 10.4. The van der Waals surface area contributed by atoms with Gasteiger partial charge in [0.2, 0.25) is 5.91 Å². The van der Waals surface area contributed by atoms with Gasteiger partial charge >= 0.3 is 6.61 Å². The van der Waals surface area contributed by atoms with Crippen molar-refractivity contribution in [2.45, 2.75) is 19.6 Å². The van der Waals surface area contributed by atoms with Gasteiger partial charge in [0.15, 0.2) is 0 Å². The first-order chi connectivity index (χ1) is 9.02. The van der Waals surface area contributed by atoms with E-state index in [4.69, 9.17) is 11.6 Å². The summed E-state index contributed by atoms with van der Waals surface area (Å²) >= 11 is 5.79. The summed E-state index contributed by atoms with van der Waals surface area (Å²) in [6, 6.07) is 4.28. The Morgan fingerprint density at radius 1 is 1.47 bits per heavy atom. The topological polar surface area (TPSA) is 50.4 Å². The third-order valence-corrected chi connectivity index (χ3v) is 2.55. The summed E-state index contributed by atoms with van der Waals surface area (Å²) in [5.41, 5.74) is 0.408. The van der Waals surface area contributed by atoms with Crippen LogP contribution in [0.25, 0.3) is 0 Å². The molecular weight excluding hydrogens is 278 g/mol. The number of hydrogen-bond acceptors (Lipinski definition) is 3.